The molecule has 0 unspecified atom stereocenters. The molecule has 0 aliphatic carbocycles. The minimum Gasteiger partial charge on any atom is -0.497 e. The fraction of sp³-hybridized carbons (Fsp3) is 0.143. The van der Waals surface area contributed by atoms with E-state index >= 15 is 0 Å². The van der Waals surface area contributed by atoms with Crippen LogP contribution in [-0.4, -0.2) is 14.2 Å². The monoisotopic (exact) mass is 280 g/mol. The maximum absolute atomic E-state index is 4.95. The smallest absolute Gasteiger partial charge is 0.119 e. The third-order valence-electron chi connectivity index (χ3n) is 2.11. The van der Waals surface area contributed by atoms with Crippen molar-refractivity contribution in [2.24, 2.45) is 0 Å². The Labute approximate surface area is 119 Å². The third kappa shape index (κ3) is 5.38. The second kappa shape index (κ2) is 7.95. The van der Waals surface area contributed by atoms with Gasteiger partial charge in [-0.2, -0.15) is 0 Å². The zero-order valence-electron chi connectivity index (χ0n) is 10.3. The van der Waals surface area contributed by atoms with Crippen molar-refractivity contribution in [1.82, 2.24) is 0 Å². The zero-order chi connectivity index (χ0) is 13.4. The summed E-state index contributed by atoms with van der Waals surface area (Å²) in [5, 5.41) is 0. The minimum absolute atomic E-state index is 0.850. The van der Waals surface area contributed by atoms with Crippen molar-refractivity contribution in [3.8, 4) is 11.5 Å². The van der Waals surface area contributed by atoms with Gasteiger partial charge in [-0.25, -0.2) is 0 Å². The van der Waals surface area contributed by atoms with E-state index in [0.717, 1.165) is 21.3 Å². The minimum atomic E-state index is 0.850. The Morgan fingerprint density at radius 1 is 0.722 bits per heavy atom. The van der Waals surface area contributed by atoms with Gasteiger partial charge in [0, 0.05) is 9.79 Å². The van der Waals surface area contributed by atoms with Gasteiger partial charge in [0.05, 0.1) is 14.2 Å². The Morgan fingerprint density at radius 3 is 1.33 bits per heavy atom. The summed E-state index contributed by atoms with van der Waals surface area (Å²) in [4.78, 5) is 1.85. The standard InChI is InChI=1S/2C7H8OS/c2*1-8-6-3-2-4-7(9)5-6/h2*2-5,9H,1H3. The zero-order valence-corrected chi connectivity index (χ0v) is 12.1. The van der Waals surface area contributed by atoms with Crippen LogP contribution in [0.4, 0.5) is 0 Å². The summed E-state index contributed by atoms with van der Waals surface area (Å²) < 4.78 is 9.89. The number of hydrogen-bond acceptors (Lipinski definition) is 4. The molecule has 2 aromatic carbocycles. The van der Waals surface area contributed by atoms with E-state index in [1.54, 1.807) is 14.2 Å². The van der Waals surface area contributed by atoms with Crippen LogP contribution in [0.5, 0.6) is 11.5 Å². The molecule has 2 aromatic rings. The molecule has 0 aliphatic rings. The van der Waals surface area contributed by atoms with Crippen molar-refractivity contribution in [3.05, 3.63) is 48.5 Å². The maximum Gasteiger partial charge on any atom is 0.119 e. The van der Waals surface area contributed by atoms with Gasteiger partial charge in [0.25, 0.3) is 0 Å². The predicted octanol–water partition coefficient (Wildman–Crippen LogP) is 3.97. The van der Waals surface area contributed by atoms with E-state index in [4.69, 9.17) is 9.47 Å². The SMILES string of the molecule is COc1cccc(S)c1.COc1cccc(S)c1. The molecule has 0 saturated heterocycles. The molecule has 0 amide bonds. The summed E-state index contributed by atoms with van der Waals surface area (Å²) in [6.45, 7) is 0. The molecule has 2 nitrogen and oxygen atoms in total. The topological polar surface area (TPSA) is 18.5 Å². The lowest BCUT2D eigenvalue weighted by Gasteiger charge is -1.97. The van der Waals surface area contributed by atoms with Gasteiger partial charge >= 0.3 is 0 Å². The predicted molar refractivity (Wildman–Crippen MR) is 80.5 cm³/mol. The van der Waals surface area contributed by atoms with Gasteiger partial charge in [0.15, 0.2) is 0 Å². The van der Waals surface area contributed by atoms with Crippen molar-refractivity contribution >= 4 is 25.3 Å². The molecule has 0 N–H and O–H groups in total. The number of methoxy groups -OCH3 is 2. The highest BCUT2D eigenvalue weighted by molar-refractivity contribution is 7.80. The molecule has 4 heteroatoms. The van der Waals surface area contributed by atoms with E-state index in [9.17, 15) is 0 Å². The number of benzene rings is 2. The molecule has 0 spiro atoms. The molecule has 18 heavy (non-hydrogen) atoms. The van der Waals surface area contributed by atoms with Crippen LogP contribution >= 0.6 is 25.3 Å². The van der Waals surface area contributed by atoms with Crippen molar-refractivity contribution in [2.45, 2.75) is 9.79 Å². The Morgan fingerprint density at radius 2 is 1.11 bits per heavy atom. The third-order valence-corrected chi connectivity index (χ3v) is 2.66. The normalized spacial score (nSPS) is 9.11. The summed E-state index contributed by atoms with van der Waals surface area (Å²) in [5.41, 5.74) is 0. The maximum atomic E-state index is 4.95. The molecule has 0 radical (unpaired) electrons. The average Bonchev–Trinajstić information content (AvgIpc) is 2.39. The Kier molecular flexibility index (Phi) is 6.54. The highest BCUT2D eigenvalue weighted by Crippen LogP contribution is 2.15. The lowest BCUT2D eigenvalue weighted by molar-refractivity contribution is 0.413. The van der Waals surface area contributed by atoms with Gasteiger partial charge in [0.2, 0.25) is 0 Å². The summed E-state index contributed by atoms with van der Waals surface area (Å²) in [7, 11) is 3.28. The fourth-order valence-corrected chi connectivity index (χ4v) is 1.65. The molecule has 0 saturated carbocycles. The summed E-state index contributed by atoms with van der Waals surface area (Å²) in [5.74, 6) is 1.70. The second-order valence-electron chi connectivity index (χ2n) is 3.40. The molecule has 0 aliphatic heterocycles. The van der Waals surface area contributed by atoms with Crippen LogP contribution in [-0.2, 0) is 0 Å². The molecule has 0 heterocycles. The van der Waals surface area contributed by atoms with Gasteiger partial charge in [-0.15, -0.1) is 25.3 Å². The largest absolute Gasteiger partial charge is 0.497 e. The first-order valence-electron chi connectivity index (χ1n) is 5.31. The summed E-state index contributed by atoms with van der Waals surface area (Å²) in [6.07, 6.45) is 0. The molecule has 0 aromatic heterocycles. The van der Waals surface area contributed by atoms with Crippen LogP contribution in [0, 0.1) is 0 Å². The highest BCUT2D eigenvalue weighted by Gasteiger charge is 1.88. The molecular weight excluding hydrogens is 264 g/mol. The van der Waals surface area contributed by atoms with Crippen molar-refractivity contribution in [1.29, 1.82) is 0 Å². The first kappa shape index (κ1) is 14.8. The van der Waals surface area contributed by atoms with E-state index in [1.165, 1.54) is 0 Å². The molecular formula is C14H16O2S2. The average molecular weight is 280 g/mol. The van der Waals surface area contributed by atoms with E-state index in [2.05, 4.69) is 25.3 Å². The van der Waals surface area contributed by atoms with Crippen LogP contribution in [0.25, 0.3) is 0 Å². The van der Waals surface area contributed by atoms with Crippen molar-refractivity contribution in [3.63, 3.8) is 0 Å². The number of hydrogen-bond donors (Lipinski definition) is 2. The van der Waals surface area contributed by atoms with Crippen molar-refractivity contribution < 1.29 is 9.47 Å². The summed E-state index contributed by atoms with van der Waals surface area (Å²) in [6, 6.07) is 15.1. The Hall–Kier alpha value is -1.26. The van der Waals surface area contributed by atoms with Gasteiger partial charge in [-0.05, 0) is 36.4 Å². The van der Waals surface area contributed by atoms with E-state index in [-0.39, 0.29) is 0 Å². The van der Waals surface area contributed by atoms with Gasteiger partial charge in [0.1, 0.15) is 11.5 Å². The van der Waals surface area contributed by atoms with E-state index < -0.39 is 0 Å². The van der Waals surface area contributed by atoms with Crippen LogP contribution in [0.1, 0.15) is 0 Å². The highest BCUT2D eigenvalue weighted by atomic mass is 32.1. The molecule has 96 valence electrons. The van der Waals surface area contributed by atoms with Gasteiger partial charge < -0.3 is 9.47 Å². The van der Waals surface area contributed by atoms with Gasteiger partial charge in [-0.3, -0.25) is 0 Å². The van der Waals surface area contributed by atoms with Crippen LogP contribution in [0.2, 0.25) is 0 Å². The first-order valence-corrected chi connectivity index (χ1v) is 6.21. The Bertz CT molecular complexity index is 441. The molecule has 2 rings (SSSR count). The van der Waals surface area contributed by atoms with Crippen LogP contribution in [0.3, 0.4) is 0 Å². The second-order valence-corrected chi connectivity index (χ2v) is 4.44. The van der Waals surface area contributed by atoms with E-state index in [1.807, 2.05) is 48.5 Å². The Balaban J connectivity index is 0.000000180. The number of thiol groups is 2. The lowest BCUT2D eigenvalue weighted by atomic mass is 10.3. The molecule has 0 fully saturated rings. The molecule has 0 bridgehead atoms. The summed E-state index contributed by atoms with van der Waals surface area (Å²) >= 11 is 8.26. The first-order chi connectivity index (χ1) is 8.65. The fourth-order valence-electron chi connectivity index (χ4n) is 1.22. The quantitative estimate of drug-likeness (QED) is 0.811. The van der Waals surface area contributed by atoms with Crippen LogP contribution in [0.15, 0.2) is 58.3 Å². The van der Waals surface area contributed by atoms with E-state index in [0.29, 0.717) is 0 Å². The molecule has 0 atom stereocenters. The number of ether oxygens (including phenoxy) is 2. The lowest BCUT2D eigenvalue weighted by Crippen LogP contribution is -1.80. The van der Waals surface area contributed by atoms with Gasteiger partial charge in [-0.1, -0.05) is 12.1 Å². The van der Waals surface area contributed by atoms with Crippen LogP contribution < -0.4 is 9.47 Å². The number of rotatable bonds is 2. The van der Waals surface area contributed by atoms with Crippen molar-refractivity contribution in [2.75, 3.05) is 14.2 Å².